The highest BCUT2D eigenvalue weighted by atomic mass is 15.1. The lowest BCUT2D eigenvalue weighted by Crippen LogP contribution is -2.39. The molecule has 2 aliphatic rings. The Morgan fingerprint density at radius 2 is 1.77 bits per heavy atom. The van der Waals surface area contributed by atoms with Crippen molar-refractivity contribution in [2.75, 3.05) is 32.7 Å². The third kappa shape index (κ3) is 4.74. The molecule has 3 heteroatoms. The molecule has 2 aliphatic heterocycles. The normalized spacial score (nSPS) is 21.9. The monoisotopic (exact) mass is 299 g/mol. The van der Waals surface area contributed by atoms with E-state index in [1.807, 2.05) is 0 Å². The quantitative estimate of drug-likeness (QED) is 0.700. The summed E-state index contributed by atoms with van der Waals surface area (Å²) in [5, 5.41) is 8.91. The van der Waals surface area contributed by atoms with Crippen molar-refractivity contribution in [3.8, 4) is 6.07 Å². The smallest absolute Gasteiger partial charge is 0.0627 e. The number of likely N-dealkylation sites (tertiary alicyclic amines) is 2. The van der Waals surface area contributed by atoms with Crippen LogP contribution in [0.3, 0.4) is 0 Å². The van der Waals surface area contributed by atoms with Gasteiger partial charge in [-0.3, -0.25) is 4.90 Å². The minimum absolute atomic E-state index is 0.215. The second kappa shape index (κ2) is 7.65. The van der Waals surface area contributed by atoms with E-state index < -0.39 is 0 Å². The van der Waals surface area contributed by atoms with E-state index in [-0.39, 0.29) is 5.41 Å². The van der Waals surface area contributed by atoms with Gasteiger partial charge in [0.1, 0.15) is 0 Å². The van der Waals surface area contributed by atoms with Gasteiger partial charge >= 0.3 is 0 Å². The molecule has 2 saturated heterocycles. The fourth-order valence-corrected chi connectivity index (χ4v) is 3.28. The first-order chi connectivity index (χ1) is 10.5. The number of hydrogen-bond acceptors (Lipinski definition) is 3. The predicted molar refractivity (Wildman–Crippen MR) is 92.2 cm³/mol. The third-order valence-electron chi connectivity index (χ3n) is 5.02. The number of hydrogen-bond donors (Lipinski definition) is 0. The molecule has 0 aromatic heterocycles. The summed E-state index contributed by atoms with van der Waals surface area (Å²) in [4.78, 5) is 4.79. The Morgan fingerprint density at radius 1 is 1.14 bits per heavy atom. The van der Waals surface area contributed by atoms with Gasteiger partial charge in [-0.1, -0.05) is 26.2 Å². The van der Waals surface area contributed by atoms with Crippen LogP contribution in [0.15, 0.2) is 36.6 Å². The van der Waals surface area contributed by atoms with E-state index in [0.717, 1.165) is 56.8 Å². The van der Waals surface area contributed by atoms with Crippen molar-refractivity contribution in [3.63, 3.8) is 0 Å². The molecule has 0 unspecified atom stereocenters. The maximum absolute atomic E-state index is 8.91. The van der Waals surface area contributed by atoms with E-state index >= 15 is 0 Å². The highest BCUT2D eigenvalue weighted by Gasteiger charge is 2.29. The molecule has 0 aliphatic carbocycles. The molecule has 0 saturated carbocycles. The van der Waals surface area contributed by atoms with Crippen molar-refractivity contribution >= 4 is 0 Å². The molecule has 22 heavy (non-hydrogen) atoms. The summed E-state index contributed by atoms with van der Waals surface area (Å²) < 4.78 is 0. The van der Waals surface area contributed by atoms with Gasteiger partial charge in [0.15, 0.2) is 0 Å². The third-order valence-corrected chi connectivity index (χ3v) is 5.02. The zero-order chi connectivity index (χ0) is 16.0. The van der Waals surface area contributed by atoms with Crippen LogP contribution in [-0.4, -0.2) is 42.5 Å². The maximum atomic E-state index is 8.91. The first kappa shape index (κ1) is 16.8. The first-order valence-electron chi connectivity index (χ1n) is 8.41. The van der Waals surface area contributed by atoms with E-state index in [4.69, 9.17) is 5.26 Å². The van der Waals surface area contributed by atoms with E-state index in [9.17, 15) is 0 Å². The Bertz CT molecular complexity index is 469. The van der Waals surface area contributed by atoms with E-state index in [2.05, 4.69) is 48.1 Å². The molecule has 0 aromatic carbocycles. The van der Waals surface area contributed by atoms with Crippen molar-refractivity contribution in [3.05, 3.63) is 36.6 Å². The highest BCUT2D eigenvalue weighted by molar-refractivity contribution is 5.25. The van der Waals surface area contributed by atoms with Crippen LogP contribution >= 0.6 is 0 Å². The Kier molecular flexibility index (Phi) is 5.85. The Balaban J connectivity index is 1.74. The summed E-state index contributed by atoms with van der Waals surface area (Å²) in [6.45, 7) is 15.9. The summed E-state index contributed by atoms with van der Waals surface area (Å²) in [6.07, 6.45) is 9.68. The van der Waals surface area contributed by atoms with E-state index in [1.54, 1.807) is 0 Å². The van der Waals surface area contributed by atoms with Gasteiger partial charge in [0.2, 0.25) is 0 Å². The summed E-state index contributed by atoms with van der Waals surface area (Å²) >= 11 is 0. The Hall–Kier alpha value is -1.53. The fourth-order valence-electron chi connectivity index (χ4n) is 3.28. The average molecular weight is 299 g/mol. The standard InChI is InChI=1S/C19H29N3/c1-17(6-7-18(2)22-12-4-5-13-22)16-21-14-9-19(3,8-11-20)10-15-21/h6-7H,1-2,4-5,8-10,12-16H2,3H3/b7-6-. The molecule has 120 valence electrons. The SMILES string of the molecule is C=C(/C=C\C(=C)N1CCCC1)CN1CCC(C)(CC#N)CC1. The van der Waals surface area contributed by atoms with Crippen LogP contribution in [-0.2, 0) is 0 Å². The van der Waals surface area contributed by atoms with Gasteiger partial charge in [-0.15, -0.1) is 0 Å². The summed E-state index contributed by atoms with van der Waals surface area (Å²) in [6, 6.07) is 2.33. The van der Waals surface area contributed by atoms with Crippen LogP contribution in [0.25, 0.3) is 0 Å². The van der Waals surface area contributed by atoms with Gasteiger partial charge in [-0.25, -0.2) is 0 Å². The average Bonchev–Trinajstić information content (AvgIpc) is 3.02. The molecule has 3 nitrogen and oxygen atoms in total. The second-order valence-corrected chi connectivity index (χ2v) is 7.10. The minimum atomic E-state index is 0.215. The zero-order valence-corrected chi connectivity index (χ0v) is 14.0. The van der Waals surface area contributed by atoms with Crippen LogP contribution in [0.1, 0.15) is 39.0 Å². The van der Waals surface area contributed by atoms with Crippen molar-refractivity contribution in [1.82, 2.24) is 9.80 Å². The lowest BCUT2D eigenvalue weighted by Gasteiger charge is -2.38. The number of rotatable bonds is 6. The number of allylic oxidation sites excluding steroid dienone is 1. The predicted octanol–water partition coefficient (Wildman–Crippen LogP) is 3.72. The number of nitriles is 1. The molecular formula is C19H29N3. The lowest BCUT2D eigenvalue weighted by molar-refractivity contribution is 0.130. The summed E-state index contributed by atoms with van der Waals surface area (Å²) in [5.74, 6) is 0. The topological polar surface area (TPSA) is 30.3 Å². The molecule has 2 fully saturated rings. The highest BCUT2D eigenvalue weighted by Crippen LogP contribution is 2.34. The van der Waals surface area contributed by atoms with E-state index in [1.165, 1.54) is 12.8 Å². The molecule has 0 spiro atoms. The van der Waals surface area contributed by atoms with Crippen molar-refractivity contribution in [1.29, 1.82) is 5.26 Å². The lowest BCUT2D eigenvalue weighted by atomic mass is 9.78. The fraction of sp³-hybridized carbons (Fsp3) is 0.632. The summed E-state index contributed by atoms with van der Waals surface area (Å²) in [5.41, 5.74) is 2.47. The van der Waals surface area contributed by atoms with Crippen LogP contribution in [0, 0.1) is 16.7 Å². The van der Waals surface area contributed by atoms with Crippen LogP contribution < -0.4 is 0 Å². The number of nitrogens with zero attached hydrogens (tertiary/aromatic N) is 3. The van der Waals surface area contributed by atoms with E-state index in [0.29, 0.717) is 6.42 Å². The molecule has 0 bridgehead atoms. The molecular weight excluding hydrogens is 270 g/mol. The van der Waals surface area contributed by atoms with Crippen LogP contribution in [0.4, 0.5) is 0 Å². The van der Waals surface area contributed by atoms with Crippen LogP contribution in [0.2, 0.25) is 0 Å². The van der Waals surface area contributed by atoms with Crippen molar-refractivity contribution in [2.24, 2.45) is 5.41 Å². The maximum Gasteiger partial charge on any atom is 0.0627 e. The Labute approximate surface area is 135 Å². The molecule has 0 amide bonds. The van der Waals surface area contributed by atoms with Gasteiger partial charge in [-0.2, -0.15) is 5.26 Å². The number of piperidine rings is 1. The van der Waals surface area contributed by atoms with Gasteiger partial charge in [-0.05, 0) is 55.8 Å². The largest absolute Gasteiger partial charge is 0.372 e. The van der Waals surface area contributed by atoms with Gasteiger partial charge in [0.25, 0.3) is 0 Å². The Morgan fingerprint density at radius 3 is 2.36 bits per heavy atom. The van der Waals surface area contributed by atoms with Crippen molar-refractivity contribution < 1.29 is 0 Å². The molecule has 2 rings (SSSR count). The first-order valence-corrected chi connectivity index (χ1v) is 8.41. The molecule has 0 radical (unpaired) electrons. The van der Waals surface area contributed by atoms with Gasteiger partial charge in [0, 0.05) is 31.8 Å². The van der Waals surface area contributed by atoms with Gasteiger partial charge in [0.05, 0.1) is 6.07 Å². The second-order valence-electron chi connectivity index (χ2n) is 7.10. The molecule has 0 aromatic rings. The zero-order valence-electron chi connectivity index (χ0n) is 14.0. The van der Waals surface area contributed by atoms with Crippen molar-refractivity contribution in [2.45, 2.75) is 39.0 Å². The molecule has 0 N–H and O–H groups in total. The molecule has 2 heterocycles. The summed E-state index contributed by atoms with van der Waals surface area (Å²) in [7, 11) is 0. The van der Waals surface area contributed by atoms with Gasteiger partial charge < -0.3 is 4.90 Å². The molecule has 0 atom stereocenters. The van der Waals surface area contributed by atoms with Crippen LogP contribution in [0.5, 0.6) is 0 Å². The minimum Gasteiger partial charge on any atom is -0.372 e.